The highest BCUT2D eigenvalue weighted by Crippen LogP contribution is 2.32. The topological polar surface area (TPSA) is 38.4 Å². The van der Waals surface area contributed by atoms with E-state index in [0.717, 1.165) is 17.5 Å². The molecule has 0 aromatic carbocycles. The quantitative estimate of drug-likeness (QED) is 0.559. The maximum absolute atomic E-state index is 5.75. The average molecular weight is 200 g/mol. The van der Waals surface area contributed by atoms with Gasteiger partial charge in [-0.1, -0.05) is 20.3 Å². The second-order valence-electron chi connectivity index (χ2n) is 3.47. The van der Waals surface area contributed by atoms with Gasteiger partial charge in [-0.25, -0.2) is 0 Å². The van der Waals surface area contributed by atoms with Crippen molar-refractivity contribution in [2.75, 3.05) is 5.75 Å². The van der Waals surface area contributed by atoms with E-state index in [9.17, 15) is 0 Å². The van der Waals surface area contributed by atoms with Crippen LogP contribution in [0.4, 0.5) is 0 Å². The summed E-state index contributed by atoms with van der Waals surface area (Å²) < 4.78 is 0. The van der Waals surface area contributed by atoms with Crippen molar-refractivity contribution in [1.29, 1.82) is 0 Å². The molecule has 13 heavy (non-hydrogen) atoms. The SMILES string of the molecule is CCSC1CCCC1N=C(N)CC. The number of hydrogen-bond acceptors (Lipinski definition) is 2. The summed E-state index contributed by atoms with van der Waals surface area (Å²) in [5, 5.41) is 0.732. The Morgan fingerprint density at radius 1 is 1.46 bits per heavy atom. The molecule has 0 aromatic heterocycles. The van der Waals surface area contributed by atoms with Gasteiger partial charge in [-0.05, 0) is 18.6 Å². The Bertz CT molecular complexity index is 180. The first-order valence-electron chi connectivity index (χ1n) is 5.21. The molecule has 3 heteroatoms. The molecule has 0 radical (unpaired) electrons. The van der Waals surface area contributed by atoms with Crippen molar-refractivity contribution in [2.45, 2.75) is 50.8 Å². The Hall–Kier alpha value is -0.180. The van der Waals surface area contributed by atoms with E-state index in [-0.39, 0.29) is 0 Å². The molecule has 1 aliphatic carbocycles. The lowest BCUT2D eigenvalue weighted by Crippen LogP contribution is -2.20. The third kappa shape index (κ3) is 3.22. The van der Waals surface area contributed by atoms with Crippen molar-refractivity contribution in [1.82, 2.24) is 0 Å². The van der Waals surface area contributed by atoms with Gasteiger partial charge in [0.05, 0.1) is 11.9 Å². The standard InChI is InChI=1S/C10H20N2S/c1-3-10(11)12-8-6-5-7-9(8)13-4-2/h8-9H,3-7H2,1-2H3,(H2,11,12). The fourth-order valence-corrected chi connectivity index (χ4v) is 2.95. The van der Waals surface area contributed by atoms with E-state index in [1.54, 1.807) is 0 Å². The number of nitrogens with two attached hydrogens (primary N) is 1. The van der Waals surface area contributed by atoms with E-state index in [4.69, 9.17) is 5.73 Å². The van der Waals surface area contributed by atoms with Gasteiger partial charge in [0.1, 0.15) is 0 Å². The largest absolute Gasteiger partial charge is 0.387 e. The van der Waals surface area contributed by atoms with E-state index < -0.39 is 0 Å². The highest BCUT2D eigenvalue weighted by molar-refractivity contribution is 7.99. The highest BCUT2D eigenvalue weighted by atomic mass is 32.2. The maximum Gasteiger partial charge on any atom is 0.0938 e. The van der Waals surface area contributed by atoms with Crippen LogP contribution in [0.3, 0.4) is 0 Å². The highest BCUT2D eigenvalue weighted by Gasteiger charge is 2.26. The summed E-state index contributed by atoms with van der Waals surface area (Å²) in [6.07, 6.45) is 4.77. The van der Waals surface area contributed by atoms with Gasteiger partial charge in [0.25, 0.3) is 0 Å². The zero-order valence-electron chi connectivity index (χ0n) is 8.62. The Morgan fingerprint density at radius 2 is 2.23 bits per heavy atom. The summed E-state index contributed by atoms with van der Waals surface area (Å²) in [6.45, 7) is 4.28. The van der Waals surface area contributed by atoms with Crippen LogP contribution >= 0.6 is 11.8 Å². The van der Waals surface area contributed by atoms with Gasteiger partial charge in [-0.2, -0.15) is 11.8 Å². The molecule has 1 aliphatic rings. The van der Waals surface area contributed by atoms with Gasteiger partial charge in [-0.15, -0.1) is 0 Å². The third-order valence-corrected chi connectivity index (χ3v) is 3.80. The minimum Gasteiger partial charge on any atom is -0.387 e. The minimum atomic E-state index is 0.505. The van der Waals surface area contributed by atoms with Crippen molar-refractivity contribution in [2.24, 2.45) is 10.7 Å². The molecule has 1 saturated carbocycles. The number of aliphatic imine (C=N–C) groups is 1. The second kappa shape index (κ2) is 5.53. The van der Waals surface area contributed by atoms with Crippen LogP contribution in [0.15, 0.2) is 4.99 Å². The summed E-state index contributed by atoms with van der Waals surface area (Å²) in [7, 11) is 0. The van der Waals surface area contributed by atoms with Crippen LogP contribution in [-0.2, 0) is 0 Å². The van der Waals surface area contributed by atoms with E-state index in [0.29, 0.717) is 6.04 Å². The molecular weight excluding hydrogens is 180 g/mol. The summed E-state index contributed by atoms with van der Waals surface area (Å²) in [5.74, 6) is 2.02. The lowest BCUT2D eigenvalue weighted by molar-refractivity contribution is 0.714. The number of amidine groups is 1. The van der Waals surface area contributed by atoms with Gasteiger partial charge in [0, 0.05) is 11.7 Å². The first-order chi connectivity index (χ1) is 6.27. The van der Waals surface area contributed by atoms with Crippen molar-refractivity contribution in [3.8, 4) is 0 Å². The van der Waals surface area contributed by atoms with Crippen molar-refractivity contribution in [3.05, 3.63) is 0 Å². The molecule has 76 valence electrons. The molecule has 2 atom stereocenters. The lowest BCUT2D eigenvalue weighted by atomic mass is 10.2. The summed E-state index contributed by atoms with van der Waals surface area (Å²) in [6, 6.07) is 0.505. The summed E-state index contributed by atoms with van der Waals surface area (Å²) in [4.78, 5) is 4.57. The Balaban J connectivity index is 2.48. The Kier molecular flexibility index (Phi) is 4.64. The number of hydrogen-bond donors (Lipinski definition) is 1. The normalized spacial score (nSPS) is 29.5. The fraction of sp³-hybridized carbons (Fsp3) is 0.900. The summed E-state index contributed by atoms with van der Waals surface area (Å²) in [5.41, 5.74) is 5.75. The van der Waals surface area contributed by atoms with Crippen molar-refractivity contribution < 1.29 is 0 Å². The number of nitrogens with zero attached hydrogens (tertiary/aromatic N) is 1. The van der Waals surface area contributed by atoms with Gasteiger partial charge >= 0.3 is 0 Å². The third-order valence-electron chi connectivity index (χ3n) is 2.49. The molecule has 0 aliphatic heterocycles. The molecule has 1 fully saturated rings. The smallest absolute Gasteiger partial charge is 0.0938 e. The fourth-order valence-electron chi connectivity index (χ4n) is 1.77. The average Bonchev–Trinajstić information content (AvgIpc) is 2.54. The van der Waals surface area contributed by atoms with E-state index in [1.165, 1.54) is 25.0 Å². The monoisotopic (exact) mass is 200 g/mol. The first-order valence-corrected chi connectivity index (χ1v) is 6.26. The first kappa shape index (κ1) is 10.9. The van der Waals surface area contributed by atoms with Gasteiger partial charge in [0.15, 0.2) is 0 Å². The zero-order valence-corrected chi connectivity index (χ0v) is 9.44. The molecule has 0 saturated heterocycles. The molecule has 2 nitrogen and oxygen atoms in total. The van der Waals surface area contributed by atoms with Gasteiger partial charge in [-0.3, -0.25) is 4.99 Å². The van der Waals surface area contributed by atoms with Crippen LogP contribution in [0.5, 0.6) is 0 Å². The molecule has 1 rings (SSSR count). The van der Waals surface area contributed by atoms with Gasteiger partial charge < -0.3 is 5.73 Å². The van der Waals surface area contributed by atoms with Crippen LogP contribution in [-0.4, -0.2) is 22.9 Å². The molecule has 0 spiro atoms. The van der Waals surface area contributed by atoms with E-state index >= 15 is 0 Å². The van der Waals surface area contributed by atoms with Crippen LogP contribution in [0.1, 0.15) is 39.5 Å². The Morgan fingerprint density at radius 3 is 2.85 bits per heavy atom. The van der Waals surface area contributed by atoms with Crippen LogP contribution in [0.2, 0.25) is 0 Å². The summed E-state index contributed by atoms with van der Waals surface area (Å²) >= 11 is 2.04. The van der Waals surface area contributed by atoms with E-state index in [1.807, 2.05) is 11.8 Å². The van der Waals surface area contributed by atoms with Gasteiger partial charge in [0.2, 0.25) is 0 Å². The molecule has 0 amide bonds. The van der Waals surface area contributed by atoms with Crippen molar-refractivity contribution in [3.63, 3.8) is 0 Å². The Labute approximate surface area is 85.4 Å². The molecule has 2 unspecified atom stereocenters. The number of rotatable bonds is 4. The maximum atomic E-state index is 5.75. The minimum absolute atomic E-state index is 0.505. The number of thioether (sulfide) groups is 1. The second-order valence-corrected chi connectivity index (χ2v) is 4.98. The predicted octanol–water partition coefficient (Wildman–Crippen LogP) is 2.43. The van der Waals surface area contributed by atoms with Crippen LogP contribution in [0.25, 0.3) is 0 Å². The van der Waals surface area contributed by atoms with Crippen LogP contribution in [0, 0.1) is 0 Å². The zero-order chi connectivity index (χ0) is 9.68. The van der Waals surface area contributed by atoms with Crippen LogP contribution < -0.4 is 5.73 Å². The lowest BCUT2D eigenvalue weighted by Gasteiger charge is -2.14. The molecule has 0 bridgehead atoms. The molecular formula is C10H20N2S. The molecule has 0 heterocycles. The van der Waals surface area contributed by atoms with E-state index in [2.05, 4.69) is 18.8 Å². The predicted molar refractivity (Wildman–Crippen MR) is 61.5 cm³/mol. The van der Waals surface area contributed by atoms with Crippen molar-refractivity contribution >= 4 is 17.6 Å². The molecule has 2 N–H and O–H groups in total. The molecule has 0 aromatic rings.